The van der Waals surface area contributed by atoms with Crippen molar-refractivity contribution in [1.29, 1.82) is 0 Å². The molecular formula is C17H14ClF6N3O. The van der Waals surface area contributed by atoms with Crippen LogP contribution in [0.2, 0.25) is 5.02 Å². The topological polar surface area (TPSA) is 46.9 Å². The number of carbonyl (C=O) groups is 1. The second-order valence-corrected chi connectivity index (χ2v) is 7.04. The van der Waals surface area contributed by atoms with Crippen molar-refractivity contribution in [2.24, 2.45) is 0 Å². The number of aryl methyl sites for hydroxylation is 1. The van der Waals surface area contributed by atoms with Crippen molar-refractivity contribution >= 4 is 23.2 Å². The molecule has 1 N–H and O–H groups in total. The van der Waals surface area contributed by atoms with Crippen LogP contribution in [0.25, 0.3) is 0 Å². The average molecular weight is 426 g/mol. The van der Waals surface area contributed by atoms with Crippen LogP contribution in [0.4, 0.5) is 32.0 Å². The van der Waals surface area contributed by atoms with Crippen molar-refractivity contribution in [3.8, 4) is 0 Å². The monoisotopic (exact) mass is 425 g/mol. The minimum atomic E-state index is -4.66. The van der Waals surface area contributed by atoms with Crippen LogP contribution in [0.1, 0.15) is 36.1 Å². The van der Waals surface area contributed by atoms with E-state index in [0.29, 0.717) is 12.5 Å². The molecule has 28 heavy (non-hydrogen) atoms. The Hall–Kier alpha value is -2.23. The van der Waals surface area contributed by atoms with Gasteiger partial charge in [-0.3, -0.25) is 9.48 Å². The zero-order valence-corrected chi connectivity index (χ0v) is 15.1. The second-order valence-electron chi connectivity index (χ2n) is 6.63. The van der Waals surface area contributed by atoms with E-state index in [1.807, 2.05) is 0 Å². The molecule has 0 bridgehead atoms. The summed E-state index contributed by atoms with van der Waals surface area (Å²) in [7, 11) is 0. The van der Waals surface area contributed by atoms with E-state index in [1.165, 1.54) is 6.92 Å². The molecule has 4 nitrogen and oxygen atoms in total. The first kappa shape index (κ1) is 20.5. The Morgan fingerprint density at radius 3 is 2.25 bits per heavy atom. The van der Waals surface area contributed by atoms with Gasteiger partial charge in [0.05, 0.1) is 16.3 Å². The van der Waals surface area contributed by atoms with Crippen LogP contribution in [0, 0.1) is 6.92 Å². The number of hydrogen-bond donors (Lipinski definition) is 1. The molecule has 1 aromatic heterocycles. The lowest BCUT2D eigenvalue weighted by Crippen LogP contribution is -2.51. The Morgan fingerprint density at radius 2 is 1.82 bits per heavy atom. The molecular weight excluding hydrogens is 412 g/mol. The molecule has 1 heterocycles. The highest BCUT2D eigenvalue weighted by molar-refractivity contribution is 6.33. The van der Waals surface area contributed by atoms with Crippen LogP contribution < -0.4 is 5.32 Å². The summed E-state index contributed by atoms with van der Waals surface area (Å²) in [6.45, 7) is 1.24. The minimum Gasteiger partial charge on any atom is -0.323 e. The number of amides is 1. The lowest BCUT2D eigenvalue weighted by molar-refractivity contribution is -0.143. The molecule has 0 aliphatic heterocycles. The third kappa shape index (κ3) is 3.57. The van der Waals surface area contributed by atoms with E-state index in [0.717, 1.165) is 23.0 Å². The summed E-state index contributed by atoms with van der Waals surface area (Å²) >= 11 is 5.84. The van der Waals surface area contributed by atoms with Crippen LogP contribution in [0.3, 0.4) is 0 Å². The summed E-state index contributed by atoms with van der Waals surface area (Å²) < 4.78 is 78.2. The normalized spacial score (nSPS) is 16.6. The van der Waals surface area contributed by atoms with Crippen molar-refractivity contribution in [2.45, 2.75) is 44.1 Å². The summed E-state index contributed by atoms with van der Waals surface area (Å²) in [5.41, 5.74) is -3.60. The molecule has 3 rings (SSSR count). The first-order valence-electron chi connectivity index (χ1n) is 8.17. The highest BCUT2D eigenvalue weighted by Crippen LogP contribution is 2.42. The maximum atomic E-state index is 13.0. The van der Waals surface area contributed by atoms with E-state index >= 15 is 0 Å². The Morgan fingerprint density at radius 1 is 1.18 bits per heavy atom. The van der Waals surface area contributed by atoms with Gasteiger partial charge in [0.15, 0.2) is 5.69 Å². The van der Waals surface area contributed by atoms with Crippen molar-refractivity contribution in [3.63, 3.8) is 0 Å². The smallest absolute Gasteiger partial charge is 0.323 e. The number of nitrogens with zero attached hydrogens (tertiary/aromatic N) is 2. The molecule has 1 fully saturated rings. The van der Waals surface area contributed by atoms with Crippen LogP contribution >= 0.6 is 11.6 Å². The van der Waals surface area contributed by atoms with Crippen molar-refractivity contribution in [2.75, 3.05) is 5.32 Å². The van der Waals surface area contributed by atoms with E-state index in [9.17, 15) is 31.1 Å². The van der Waals surface area contributed by atoms with Gasteiger partial charge in [0, 0.05) is 6.20 Å². The number of halogens is 7. The van der Waals surface area contributed by atoms with Gasteiger partial charge >= 0.3 is 12.4 Å². The molecule has 0 saturated heterocycles. The van der Waals surface area contributed by atoms with Gasteiger partial charge in [-0.2, -0.15) is 31.4 Å². The van der Waals surface area contributed by atoms with Gasteiger partial charge in [0.2, 0.25) is 0 Å². The summed E-state index contributed by atoms with van der Waals surface area (Å²) in [6.07, 6.45) is -7.02. The SMILES string of the molecule is Cc1cn(C2(C(=O)Nc3ccc(C(F)(F)F)cc3Cl)CCC2)nc1C(F)(F)F. The van der Waals surface area contributed by atoms with E-state index in [-0.39, 0.29) is 29.1 Å². The van der Waals surface area contributed by atoms with E-state index < -0.39 is 35.1 Å². The highest BCUT2D eigenvalue weighted by Gasteiger charge is 2.48. The second kappa shape index (κ2) is 6.68. The summed E-state index contributed by atoms with van der Waals surface area (Å²) in [5, 5.41) is 5.64. The number of nitrogens with one attached hydrogen (secondary N) is 1. The fraction of sp³-hybridized carbons (Fsp3) is 0.412. The van der Waals surface area contributed by atoms with Crippen molar-refractivity contribution < 1.29 is 31.1 Å². The van der Waals surface area contributed by atoms with Gasteiger partial charge in [0.25, 0.3) is 5.91 Å². The van der Waals surface area contributed by atoms with Gasteiger partial charge in [-0.05, 0) is 49.9 Å². The molecule has 11 heteroatoms. The third-order valence-electron chi connectivity index (χ3n) is 4.75. The maximum Gasteiger partial charge on any atom is 0.435 e. The largest absolute Gasteiger partial charge is 0.435 e. The maximum absolute atomic E-state index is 13.0. The number of anilines is 1. The van der Waals surface area contributed by atoms with Gasteiger partial charge in [0.1, 0.15) is 5.54 Å². The molecule has 1 saturated carbocycles. The Kier molecular flexibility index (Phi) is 4.89. The lowest BCUT2D eigenvalue weighted by atomic mass is 9.76. The molecule has 152 valence electrons. The van der Waals surface area contributed by atoms with Gasteiger partial charge in [-0.25, -0.2) is 0 Å². The molecule has 1 amide bonds. The van der Waals surface area contributed by atoms with Crippen LogP contribution in [-0.2, 0) is 22.7 Å². The van der Waals surface area contributed by atoms with Crippen LogP contribution in [0.5, 0.6) is 0 Å². The Balaban J connectivity index is 1.89. The number of benzene rings is 1. The lowest BCUT2D eigenvalue weighted by Gasteiger charge is -2.40. The Labute approximate surface area is 160 Å². The molecule has 0 unspecified atom stereocenters. The van der Waals surface area contributed by atoms with Crippen molar-refractivity contribution in [1.82, 2.24) is 9.78 Å². The zero-order chi connectivity index (χ0) is 20.9. The summed E-state index contributed by atoms with van der Waals surface area (Å²) in [6, 6.07) is 2.43. The summed E-state index contributed by atoms with van der Waals surface area (Å²) in [4.78, 5) is 12.8. The summed E-state index contributed by atoms with van der Waals surface area (Å²) in [5.74, 6) is -0.684. The number of hydrogen-bond acceptors (Lipinski definition) is 2. The number of carbonyl (C=O) groups excluding carboxylic acids is 1. The third-order valence-corrected chi connectivity index (χ3v) is 5.06. The molecule has 1 aliphatic carbocycles. The van der Waals surface area contributed by atoms with Crippen molar-refractivity contribution in [3.05, 3.63) is 46.2 Å². The zero-order valence-electron chi connectivity index (χ0n) is 14.4. The predicted molar refractivity (Wildman–Crippen MR) is 88.9 cm³/mol. The fourth-order valence-corrected chi connectivity index (χ4v) is 3.29. The van der Waals surface area contributed by atoms with Gasteiger partial charge in [-0.1, -0.05) is 11.6 Å². The average Bonchev–Trinajstić information content (AvgIpc) is 2.89. The van der Waals surface area contributed by atoms with E-state index in [2.05, 4.69) is 10.4 Å². The molecule has 1 aliphatic rings. The standard InChI is InChI=1S/C17H14ClF6N3O/c1-9-8-27(26-13(9)17(22,23)24)15(5-2-6-15)14(28)25-12-4-3-10(7-11(12)18)16(19,20)21/h3-4,7-8H,2,5-6H2,1H3,(H,25,28). The van der Waals surface area contributed by atoms with E-state index in [4.69, 9.17) is 11.6 Å². The van der Waals surface area contributed by atoms with Crippen LogP contribution in [-0.4, -0.2) is 15.7 Å². The highest BCUT2D eigenvalue weighted by atomic mass is 35.5. The molecule has 2 aromatic rings. The molecule has 0 radical (unpaired) electrons. The minimum absolute atomic E-state index is 0.0640. The molecule has 0 atom stereocenters. The van der Waals surface area contributed by atoms with Gasteiger partial charge < -0.3 is 5.32 Å². The molecule has 0 spiro atoms. The number of alkyl halides is 6. The number of rotatable bonds is 3. The predicted octanol–water partition coefficient (Wildman–Crippen LogP) is 5.40. The van der Waals surface area contributed by atoms with Crippen LogP contribution in [0.15, 0.2) is 24.4 Å². The first-order valence-corrected chi connectivity index (χ1v) is 8.54. The fourth-order valence-electron chi connectivity index (χ4n) is 3.06. The Bertz CT molecular complexity index is 915. The quantitative estimate of drug-likeness (QED) is 0.669. The first-order chi connectivity index (χ1) is 12.8. The number of aromatic nitrogens is 2. The molecule has 1 aromatic carbocycles. The van der Waals surface area contributed by atoms with Gasteiger partial charge in [-0.15, -0.1) is 0 Å². The van der Waals surface area contributed by atoms with E-state index in [1.54, 1.807) is 0 Å².